The Morgan fingerprint density at radius 1 is 0.727 bits per heavy atom. The van der Waals surface area contributed by atoms with Crippen molar-refractivity contribution in [3.05, 3.63) is 59.7 Å². The first-order valence-corrected chi connectivity index (χ1v) is 10.1. The third-order valence-electron chi connectivity index (χ3n) is 4.47. The predicted molar refractivity (Wildman–Crippen MR) is 131 cm³/mol. The Morgan fingerprint density at radius 3 is 1.39 bits per heavy atom. The summed E-state index contributed by atoms with van der Waals surface area (Å²) in [6, 6.07) is 13.5. The summed E-state index contributed by atoms with van der Waals surface area (Å²) in [7, 11) is 7.73. The predicted octanol–water partition coefficient (Wildman–Crippen LogP) is 0.924. The third kappa shape index (κ3) is 8.09. The molecule has 0 unspecified atom stereocenters. The number of carbonyl (C=O) groups excluding carboxylic acids is 3. The van der Waals surface area contributed by atoms with Crippen molar-refractivity contribution in [2.45, 2.75) is 13.0 Å². The highest BCUT2D eigenvalue weighted by Crippen LogP contribution is 2.11. The average molecular weight is 452 g/mol. The molecule has 0 bridgehead atoms. The molecule has 0 aliphatic heterocycles. The number of carbonyl (C=O) groups is 3. The molecule has 0 fully saturated rings. The van der Waals surface area contributed by atoms with E-state index in [-0.39, 0.29) is 0 Å². The second-order valence-electron chi connectivity index (χ2n) is 7.57. The van der Waals surface area contributed by atoms with Crippen LogP contribution in [0.3, 0.4) is 0 Å². The fourth-order valence-corrected chi connectivity index (χ4v) is 2.64. The van der Waals surface area contributed by atoms with Crippen molar-refractivity contribution < 1.29 is 14.4 Å². The standard InChI is InChI=1S/C23H29N7O3/c1-16(31)26-21(22(32)27-24-14-17-6-10-19(11-7-17)29(2)3)23(33)28-25-15-18-8-12-20(13-9-18)30(4)5/h6-15,21H,1-5H3,(H,26,31)(H,27,32)(H,28,33)/b24-14+,25-15+. The lowest BCUT2D eigenvalue weighted by Crippen LogP contribution is -2.53. The van der Waals surface area contributed by atoms with Gasteiger partial charge in [-0.05, 0) is 35.4 Å². The normalized spacial score (nSPS) is 11.0. The van der Waals surface area contributed by atoms with Gasteiger partial charge in [0.1, 0.15) is 0 Å². The molecule has 10 heteroatoms. The maximum Gasteiger partial charge on any atom is 0.272 e. The maximum absolute atomic E-state index is 12.4. The number of anilines is 2. The molecule has 10 nitrogen and oxygen atoms in total. The van der Waals surface area contributed by atoms with E-state index in [4.69, 9.17) is 0 Å². The molecule has 0 saturated heterocycles. The number of rotatable bonds is 9. The van der Waals surface area contributed by atoms with Crippen molar-refractivity contribution in [3.8, 4) is 0 Å². The molecule has 33 heavy (non-hydrogen) atoms. The Kier molecular flexibility index (Phi) is 9.10. The van der Waals surface area contributed by atoms with E-state index in [9.17, 15) is 14.4 Å². The van der Waals surface area contributed by atoms with Crippen LogP contribution in [0.5, 0.6) is 0 Å². The maximum atomic E-state index is 12.4. The number of hydrogen-bond acceptors (Lipinski definition) is 7. The molecule has 0 atom stereocenters. The van der Waals surface area contributed by atoms with Gasteiger partial charge in [-0.25, -0.2) is 10.9 Å². The topological polar surface area (TPSA) is 118 Å². The molecule has 2 aromatic rings. The lowest BCUT2D eigenvalue weighted by molar-refractivity contribution is -0.136. The summed E-state index contributed by atoms with van der Waals surface area (Å²) in [6.45, 7) is 1.21. The zero-order valence-corrected chi connectivity index (χ0v) is 19.4. The van der Waals surface area contributed by atoms with Gasteiger partial charge in [0.15, 0.2) is 6.04 Å². The van der Waals surface area contributed by atoms with Gasteiger partial charge in [0.05, 0.1) is 12.4 Å². The van der Waals surface area contributed by atoms with Gasteiger partial charge in [0.2, 0.25) is 5.91 Å². The summed E-state index contributed by atoms with van der Waals surface area (Å²) in [5.74, 6) is -2.14. The highest BCUT2D eigenvalue weighted by Gasteiger charge is 2.27. The quantitative estimate of drug-likeness (QED) is 0.298. The van der Waals surface area contributed by atoms with Gasteiger partial charge in [-0.2, -0.15) is 10.2 Å². The summed E-state index contributed by atoms with van der Waals surface area (Å²) >= 11 is 0. The van der Waals surface area contributed by atoms with Crippen LogP contribution in [0.15, 0.2) is 58.7 Å². The summed E-state index contributed by atoms with van der Waals surface area (Å²) in [5, 5.41) is 10.0. The number of hydrazone groups is 2. The highest BCUT2D eigenvalue weighted by atomic mass is 16.2. The van der Waals surface area contributed by atoms with Crippen LogP contribution in [0.2, 0.25) is 0 Å². The molecule has 0 spiro atoms. The molecular weight excluding hydrogens is 422 g/mol. The van der Waals surface area contributed by atoms with Crippen molar-refractivity contribution in [2.24, 2.45) is 10.2 Å². The molecule has 0 radical (unpaired) electrons. The van der Waals surface area contributed by atoms with Gasteiger partial charge in [0.25, 0.3) is 11.8 Å². The van der Waals surface area contributed by atoms with Gasteiger partial charge in [-0.15, -0.1) is 0 Å². The molecule has 0 aliphatic carbocycles. The number of nitrogens with zero attached hydrogens (tertiary/aromatic N) is 4. The number of hydrogen-bond donors (Lipinski definition) is 3. The van der Waals surface area contributed by atoms with E-state index < -0.39 is 23.8 Å². The molecule has 174 valence electrons. The number of nitrogens with one attached hydrogen (secondary N) is 3. The lowest BCUT2D eigenvalue weighted by Gasteiger charge is -2.14. The Morgan fingerprint density at radius 2 is 1.09 bits per heavy atom. The fraction of sp³-hybridized carbons (Fsp3) is 0.261. The largest absolute Gasteiger partial charge is 0.378 e. The Hall–Kier alpha value is -4.21. The van der Waals surface area contributed by atoms with E-state index in [1.54, 1.807) is 0 Å². The smallest absolute Gasteiger partial charge is 0.272 e. The lowest BCUT2D eigenvalue weighted by atomic mass is 10.2. The summed E-state index contributed by atoms with van der Waals surface area (Å²) in [6.07, 6.45) is 2.88. The Labute approximate surface area is 193 Å². The number of amides is 3. The first-order valence-electron chi connectivity index (χ1n) is 10.1. The fourth-order valence-electron chi connectivity index (χ4n) is 2.64. The van der Waals surface area contributed by atoms with Crippen LogP contribution < -0.4 is 26.0 Å². The minimum absolute atomic E-state index is 0.545. The first kappa shape index (κ1) is 25.1. The van der Waals surface area contributed by atoms with Crippen LogP contribution in [-0.2, 0) is 14.4 Å². The van der Waals surface area contributed by atoms with Crippen LogP contribution in [0.4, 0.5) is 11.4 Å². The van der Waals surface area contributed by atoms with Gasteiger partial charge < -0.3 is 15.1 Å². The van der Waals surface area contributed by atoms with E-state index >= 15 is 0 Å². The summed E-state index contributed by atoms with van der Waals surface area (Å²) in [5.41, 5.74) is 8.09. The summed E-state index contributed by atoms with van der Waals surface area (Å²) < 4.78 is 0. The molecule has 0 heterocycles. The van der Waals surface area contributed by atoms with Crippen LogP contribution >= 0.6 is 0 Å². The van der Waals surface area contributed by atoms with Crippen LogP contribution in [-0.4, -0.2) is 64.4 Å². The monoisotopic (exact) mass is 451 g/mol. The average Bonchev–Trinajstić information content (AvgIpc) is 2.77. The van der Waals surface area contributed by atoms with Gasteiger partial charge in [0, 0.05) is 46.5 Å². The van der Waals surface area contributed by atoms with Gasteiger partial charge >= 0.3 is 0 Å². The van der Waals surface area contributed by atoms with Crippen LogP contribution in [0.1, 0.15) is 18.1 Å². The van der Waals surface area contributed by atoms with Gasteiger partial charge in [-0.1, -0.05) is 24.3 Å². The molecule has 0 saturated carbocycles. The first-order chi connectivity index (χ1) is 15.7. The van der Waals surface area contributed by atoms with Gasteiger partial charge in [-0.3, -0.25) is 14.4 Å². The SMILES string of the molecule is CC(=O)NC(C(=O)N/N=C/c1ccc(N(C)C)cc1)C(=O)N/N=C/c1ccc(N(C)C)cc1. The summed E-state index contributed by atoms with van der Waals surface area (Å²) in [4.78, 5) is 40.2. The van der Waals surface area contributed by atoms with E-state index in [2.05, 4.69) is 26.4 Å². The van der Waals surface area contributed by atoms with E-state index in [0.29, 0.717) is 0 Å². The second kappa shape index (κ2) is 12.0. The molecule has 2 aromatic carbocycles. The van der Waals surface area contributed by atoms with Crippen molar-refractivity contribution in [2.75, 3.05) is 38.0 Å². The van der Waals surface area contributed by atoms with E-state index in [1.165, 1.54) is 19.4 Å². The molecule has 2 rings (SSSR count). The number of benzene rings is 2. The highest BCUT2D eigenvalue weighted by molar-refractivity contribution is 6.07. The molecule has 0 aliphatic rings. The van der Waals surface area contributed by atoms with E-state index in [0.717, 1.165) is 22.5 Å². The van der Waals surface area contributed by atoms with Crippen molar-refractivity contribution in [3.63, 3.8) is 0 Å². The van der Waals surface area contributed by atoms with Crippen molar-refractivity contribution >= 4 is 41.5 Å². The Bertz CT molecular complexity index is 938. The minimum atomic E-state index is -1.50. The van der Waals surface area contributed by atoms with Crippen LogP contribution in [0, 0.1) is 0 Å². The zero-order chi connectivity index (χ0) is 24.4. The molecule has 0 aromatic heterocycles. The van der Waals surface area contributed by atoms with Crippen molar-refractivity contribution in [1.82, 2.24) is 16.2 Å². The van der Waals surface area contributed by atoms with Crippen molar-refractivity contribution in [1.29, 1.82) is 0 Å². The molecule has 3 amide bonds. The third-order valence-corrected chi connectivity index (χ3v) is 4.47. The second-order valence-corrected chi connectivity index (χ2v) is 7.57. The molecule has 3 N–H and O–H groups in total. The molecular formula is C23H29N7O3. The van der Waals surface area contributed by atoms with E-state index in [1.807, 2.05) is 86.5 Å². The zero-order valence-electron chi connectivity index (χ0n) is 19.4. The minimum Gasteiger partial charge on any atom is -0.378 e. The Balaban J connectivity index is 1.97. The van der Waals surface area contributed by atoms with Crippen LogP contribution in [0.25, 0.3) is 0 Å².